The third-order valence-corrected chi connectivity index (χ3v) is 3.22. The first-order valence-corrected chi connectivity index (χ1v) is 7.06. The molecule has 112 valence electrons. The average Bonchev–Trinajstić information content (AvgIpc) is 2.49. The van der Waals surface area contributed by atoms with E-state index in [4.69, 9.17) is 28.3 Å². The number of rotatable bonds is 5. The van der Waals surface area contributed by atoms with Gasteiger partial charge in [-0.15, -0.1) is 0 Å². The van der Waals surface area contributed by atoms with Gasteiger partial charge in [-0.2, -0.15) is 5.10 Å². The second-order valence-corrected chi connectivity index (χ2v) is 5.15. The van der Waals surface area contributed by atoms with E-state index in [1.165, 1.54) is 18.3 Å². The van der Waals surface area contributed by atoms with Gasteiger partial charge in [0.15, 0.2) is 0 Å². The van der Waals surface area contributed by atoms with E-state index in [0.717, 1.165) is 5.56 Å². The van der Waals surface area contributed by atoms with Gasteiger partial charge in [0.1, 0.15) is 0 Å². The summed E-state index contributed by atoms with van der Waals surface area (Å²) in [4.78, 5) is 11.0. The number of anilines is 1. The van der Waals surface area contributed by atoms with Crippen LogP contribution in [0, 0.1) is 0 Å². The summed E-state index contributed by atoms with van der Waals surface area (Å²) in [5.74, 6) is -1.10. The lowest BCUT2D eigenvalue weighted by atomic mass is 10.2. The van der Waals surface area contributed by atoms with E-state index >= 15 is 0 Å². The molecule has 0 saturated heterocycles. The molecule has 0 amide bonds. The molecule has 4 nitrogen and oxygen atoms in total. The predicted octanol–water partition coefficient (Wildman–Crippen LogP) is 4.72. The molecule has 0 radical (unpaired) electrons. The van der Waals surface area contributed by atoms with Gasteiger partial charge in [0.05, 0.1) is 27.5 Å². The van der Waals surface area contributed by atoms with Crippen molar-refractivity contribution in [1.29, 1.82) is 0 Å². The molecule has 0 unspecified atom stereocenters. The van der Waals surface area contributed by atoms with Crippen molar-refractivity contribution in [3.8, 4) is 0 Å². The normalized spacial score (nSPS) is 11.6. The zero-order valence-corrected chi connectivity index (χ0v) is 12.8. The molecule has 0 fully saturated rings. The number of nitrogens with one attached hydrogen (secondary N) is 1. The van der Waals surface area contributed by atoms with Crippen LogP contribution >= 0.6 is 23.2 Å². The fraction of sp³-hybridized carbons (Fsp3) is 0. The molecule has 0 atom stereocenters. The highest BCUT2D eigenvalue weighted by Crippen LogP contribution is 2.20. The van der Waals surface area contributed by atoms with E-state index in [1.54, 1.807) is 12.1 Å². The minimum atomic E-state index is -1.10. The minimum absolute atomic E-state index is 0.00721. The highest BCUT2D eigenvalue weighted by Gasteiger charge is 2.08. The van der Waals surface area contributed by atoms with E-state index in [0.29, 0.717) is 10.7 Å². The van der Waals surface area contributed by atoms with Crippen molar-refractivity contribution in [1.82, 2.24) is 0 Å². The number of allylic oxidation sites excluding steroid dienone is 1. The molecule has 22 heavy (non-hydrogen) atoms. The minimum Gasteiger partial charge on any atom is -0.478 e. The zero-order valence-electron chi connectivity index (χ0n) is 11.3. The van der Waals surface area contributed by atoms with Crippen LogP contribution in [0.4, 0.5) is 5.69 Å². The van der Waals surface area contributed by atoms with Crippen molar-refractivity contribution in [2.75, 3.05) is 5.43 Å². The van der Waals surface area contributed by atoms with Crippen LogP contribution in [0.5, 0.6) is 0 Å². The fourth-order valence-corrected chi connectivity index (χ4v) is 2.05. The Bertz CT molecular complexity index is 728. The van der Waals surface area contributed by atoms with Crippen molar-refractivity contribution in [3.63, 3.8) is 0 Å². The van der Waals surface area contributed by atoms with Crippen LogP contribution in [0.3, 0.4) is 0 Å². The lowest BCUT2D eigenvalue weighted by Crippen LogP contribution is -1.99. The van der Waals surface area contributed by atoms with E-state index < -0.39 is 5.97 Å². The summed E-state index contributed by atoms with van der Waals surface area (Å²) in [6.45, 7) is 0. The summed E-state index contributed by atoms with van der Waals surface area (Å²) >= 11 is 11.8. The van der Waals surface area contributed by atoms with Gasteiger partial charge in [-0.25, -0.2) is 4.79 Å². The van der Waals surface area contributed by atoms with Crippen molar-refractivity contribution >= 4 is 47.1 Å². The Morgan fingerprint density at radius 2 is 1.91 bits per heavy atom. The van der Waals surface area contributed by atoms with Gasteiger partial charge in [0.25, 0.3) is 0 Å². The number of nitrogens with zero attached hydrogens (tertiary/aromatic N) is 1. The lowest BCUT2D eigenvalue weighted by molar-refractivity contribution is 0.0697. The standard InChI is InChI=1S/C16H12Cl2N2O2/c17-12(8-11-4-2-1-3-5-11)10-19-20-13-6-7-15(18)14(9-13)16(21)22/h1-10,20H,(H,21,22)/b12-8-,19-10?. The van der Waals surface area contributed by atoms with Gasteiger partial charge < -0.3 is 5.11 Å². The topological polar surface area (TPSA) is 61.7 Å². The molecule has 0 spiro atoms. The molecule has 6 heteroatoms. The number of carboxylic acid groups (broad SMARTS) is 1. The molecule has 0 heterocycles. The molecule has 0 aliphatic rings. The summed E-state index contributed by atoms with van der Waals surface area (Å²) in [5, 5.41) is 13.6. The summed E-state index contributed by atoms with van der Waals surface area (Å²) in [6.07, 6.45) is 3.20. The molecule has 0 saturated carbocycles. The fourth-order valence-electron chi connectivity index (χ4n) is 1.67. The van der Waals surface area contributed by atoms with Gasteiger partial charge in [0.2, 0.25) is 0 Å². The maximum atomic E-state index is 11.0. The number of carbonyl (C=O) groups is 1. The van der Waals surface area contributed by atoms with Gasteiger partial charge >= 0.3 is 5.97 Å². The summed E-state index contributed by atoms with van der Waals surface area (Å²) in [6, 6.07) is 14.1. The third-order valence-electron chi connectivity index (χ3n) is 2.68. The average molecular weight is 335 g/mol. The number of carboxylic acids is 1. The van der Waals surface area contributed by atoms with Crippen molar-refractivity contribution in [2.24, 2.45) is 5.10 Å². The number of hydrazone groups is 1. The van der Waals surface area contributed by atoms with Gasteiger partial charge in [-0.3, -0.25) is 5.43 Å². The Balaban J connectivity index is 2.05. The van der Waals surface area contributed by atoms with Gasteiger partial charge in [-0.05, 0) is 29.8 Å². The number of hydrogen-bond acceptors (Lipinski definition) is 3. The number of hydrogen-bond donors (Lipinski definition) is 2. The van der Waals surface area contributed by atoms with E-state index in [-0.39, 0.29) is 10.6 Å². The molecular weight excluding hydrogens is 323 g/mol. The molecule has 2 rings (SSSR count). The maximum Gasteiger partial charge on any atom is 0.337 e. The van der Waals surface area contributed by atoms with Gasteiger partial charge in [-0.1, -0.05) is 53.5 Å². The Kier molecular flexibility index (Phi) is 5.58. The second-order valence-electron chi connectivity index (χ2n) is 4.31. The molecule has 2 aromatic rings. The Hall–Kier alpha value is -2.30. The van der Waals surface area contributed by atoms with Crippen LogP contribution in [0.15, 0.2) is 58.7 Å². The Labute approximate surface area is 137 Å². The first-order chi connectivity index (χ1) is 10.6. The van der Waals surface area contributed by atoms with E-state index in [2.05, 4.69) is 10.5 Å². The number of aromatic carboxylic acids is 1. The van der Waals surface area contributed by atoms with Crippen LogP contribution in [0.1, 0.15) is 15.9 Å². The quantitative estimate of drug-likeness (QED) is 0.614. The molecule has 0 aliphatic carbocycles. The summed E-state index contributed by atoms with van der Waals surface area (Å²) in [5.41, 5.74) is 4.17. The molecule has 0 aliphatic heterocycles. The summed E-state index contributed by atoms with van der Waals surface area (Å²) < 4.78 is 0. The Morgan fingerprint density at radius 1 is 1.18 bits per heavy atom. The second kappa shape index (κ2) is 7.64. The SMILES string of the molecule is O=C(O)c1cc(NN=C/C(Cl)=C/c2ccccc2)ccc1Cl. The van der Waals surface area contributed by atoms with Crippen molar-refractivity contribution in [3.05, 3.63) is 69.7 Å². The number of halogens is 2. The largest absolute Gasteiger partial charge is 0.478 e. The van der Waals surface area contributed by atoms with Crippen molar-refractivity contribution in [2.45, 2.75) is 0 Å². The molecule has 0 bridgehead atoms. The van der Waals surface area contributed by atoms with Crippen LogP contribution < -0.4 is 5.43 Å². The molecular formula is C16H12Cl2N2O2. The third kappa shape index (κ3) is 4.62. The smallest absolute Gasteiger partial charge is 0.337 e. The number of benzene rings is 2. The van der Waals surface area contributed by atoms with E-state index in [1.807, 2.05) is 30.3 Å². The Morgan fingerprint density at radius 3 is 2.59 bits per heavy atom. The molecule has 2 N–H and O–H groups in total. The first kappa shape index (κ1) is 16.1. The van der Waals surface area contributed by atoms with Gasteiger partial charge in [0, 0.05) is 0 Å². The molecule has 2 aromatic carbocycles. The zero-order chi connectivity index (χ0) is 15.9. The predicted molar refractivity (Wildman–Crippen MR) is 90.8 cm³/mol. The monoisotopic (exact) mass is 334 g/mol. The maximum absolute atomic E-state index is 11.0. The van der Waals surface area contributed by atoms with Crippen molar-refractivity contribution < 1.29 is 9.90 Å². The van der Waals surface area contributed by atoms with Crippen LogP contribution in [0.2, 0.25) is 5.02 Å². The van der Waals surface area contributed by atoms with Crippen LogP contribution in [-0.4, -0.2) is 17.3 Å². The lowest BCUT2D eigenvalue weighted by Gasteiger charge is -2.03. The summed E-state index contributed by atoms with van der Waals surface area (Å²) in [7, 11) is 0. The van der Waals surface area contributed by atoms with Crippen LogP contribution in [0.25, 0.3) is 6.08 Å². The van der Waals surface area contributed by atoms with E-state index in [9.17, 15) is 4.79 Å². The highest BCUT2D eigenvalue weighted by molar-refractivity contribution is 6.41. The molecule has 0 aromatic heterocycles. The highest BCUT2D eigenvalue weighted by atomic mass is 35.5. The van der Waals surface area contributed by atoms with Crippen LogP contribution in [-0.2, 0) is 0 Å². The first-order valence-electron chi connectivity index (χ1n) is 6.30.